The number of nitrogens with zero attached hydrogens (tertiary/aromatic N) is 2. The zero-order valence-electron chi connectivity index (χ0n) is 8.14. The molecule has 0 radical (unpaired) electrons. The zero-order valence-corrected chi connectivity index (χ0v) is 8.96. The van der Waals surface area contributed by atoms with Gasteiger partial charge in [-0.1, -0.05) is 11.8 Å². The van der Waals surface area contributed by atoms with Gasteiger partial charge in [-0.25, -0.2) is 4.39 Å². The molecule has 1 heterocycles. The first kappa shape index (κ1) is 10.0. The Morgan fingerprint density at radius 1 is 1.33 bits per heavy atom. The van der Waals surface area contributed by atoms with Crippen LogP contribution in [0.4, 0.5) is 10.1 Å². The van der Waals surface area contributed by atoms with E-state index in [0.717, 1.165) is 9.92 Å². The summed E-state index contributed by atoms with van der Waals surface area (Å²) in [5, 5.41) is 4.93. The van der Waals surface area contributed by atoms with Crippen molar-refractivity contribution in [2.75, 3.05) is 5.73 Å². The van der Waals surface area contributed by atoms with Crippen LogP contribution in [-0.4, -0.2) is 9.78 Å². The predicted octanol–water partition coefficient (Wildman–Crippen LogP) is 2.29. The van der Waals surface area contributed by atoms with E-state index in [0.29, 0.717) is 5.69 Å². The Hall–Kier alpha value is -1.49. The number of aryl methyl sites for hydroxylation is 1. The Bertz CT molecular complexity index is 464. The molecule has 0 spiro atoms. The minimum absolute atomic E-state index is 0.242. The highest BCUT2D eigenvalue weighted by Crippen LogP contribution is 2.30. The number of rotatable bonds is 2. The quantitative estimate of drug-likeness (QED) is 0.849. The van der Waals surface area contributed by atoms with E-state index >= 15 is 0 Å². The fourth-order valence-electron chi connectivity index (χ4n) is 1.18. The third-order valence-electron chi connectivity index (χ3n) is 1.85. The third-order valence-corrected chi connectivity index (χ3v) is 2.87. The van der Waals surface area contributed by atoms with Crippen LogP contribution >= 0.6 is 11.8 Å². The molecule has 2 aromatic rings. The minimum atomic E-state index is -0.242. The summed E-state index contributed by atoms with van der Waals surface area (Å²) in [6.45, 7) is 0. The molecule has 2 N–H and O–H groups in total. The molecular formula is C10H10FN3S. The maximum absolute atomic E-state index is 12.7. The Balaban J connectivity index is 2.21. The number of hydrogen-bond donors (Lipinski definition) is 1. The lowest BCUT2D eigenvalue weighted by Gasteiger charge is -1.98. The molecule has 0 atom stereocenters. The SMILES string of the molecule is Cn1cc(N)c(Sc2ccc(F)cc2)n1. The molecule has 0 aliphatic heterocycles. The van der Waals surface area contributed by atoms with Crippen molar-refractivity contribution < 1.29 is 4.39 Å². The maximum atomic E-state index is 12.7. The van der Waals surface area contributed by atoms with Gasteiger partial charge >= 0.3 is 0 Å². The van der Waals surface area contributed by atoms with E-state index in [2.05, 4.69) is 5.10 Å². The fourth-order valence-corrected chi connectivity index (χ4v) is 2.02. The van der Waals surface area contributed by atoms with Gasteiger partial charge < -0.3 is 5.73 Å². The first-order chi connectivity index (χ1) is 7.15. The van der Waals surface area contributed by atoms with Crippen molar-refractivity contribution >= 4 is 17.4 Å². The van der Waals surface area contributed by atoms with Gasteiger partial charge in [0.25, 0.3) is 0 Å². The lowest BCUT2D eigenvalue weighted by Crippen LogP contribution is -1.86. The number of nitrogens with two attached hydrogens (primary N) is 1. The Kier molecular flexibility index (Phi) is 2.64. The average molecular weight is 223 g/mol. The van der Waals surface area contributed by atoms with Crippen molar-refractivity contribution in [1.82, 2.24) is 9.78 Å². The van der Waals surface area contributed by atoms with E-state index in [1.807, 2.05) is 7.05 Å². The van der Waals surface area contributed by atoms with Crippen LogP contribution in [0.25, 0.3) is 0 Å². The topological polar surface area (TPSA) is 43.8 Å². The van der Waals surface area contributed by atoms with Crippen LogP contribution in [0.15, 0.2) is 40.4 Å². The number of benzene rings is 1. The predicted molar refractivity (Wildman–Crippen MR) is 58.1 cm³/mol. The van der Waals surface area contributed by atoms with Crippen molar-refractivity contribution in [3.63, 3.8) is 0 Å². The highest BCUT2D eigenvalue weighted by atomic mass is 32.2. The van der Waals surface area contributed by atoms with Crippen molar-refractivity contribution in [2.45, 2.75) is 9.92 Å². The summed E-state index contributed by atoms with van der Waals surface area (Å²) >= 11 is 1.42. The summed E-state index contributed by atoms with van der Waals surface area (Å²) in [5.74, 6) is -0.242. The summed E-state index contributed by atoms with van der Waals surface area (Å²) in [6, 6.07) is 6.24. The smallest absolute Gasteiger partial charge is 0.146 e. The van der Waals surface area contributed by atoms with E-state index < -0.39 is 0 Å². The molecule has 0 aliphatic carbocycles. The summed E-state index contributed by atoms with van der Waals surface area (Å²) in [6.07, 6.45) is 1.74. The molecule has 0 unspecified atom stereocenters. The minimum Gasteiger partial charge on any atom is -0.395 e. The molecule has 0 fully saturated rings. The molecule has 5 heteroatoms. The summed E-state index contributed by atoms with van der Waals surface area (Å²) < 4.78 is 14.3. The summed E-state index contributed by atoms with van der Waals surface area (Å²) in [4.78, 5) is 0.918. The van der Waals surface area contributed by atoms with Crippen LogP contribution in [0.2, 0.25) is 0 Å². The van der Waals surface area contributed by atoms with E-state index in [4.69, 9.17) is 5.73 Å². The van der Waals surface area contributed by atoms with Crippen molar-refractivity contribution in [3.05, 3.63) is 36.3 Å². The molecular weight excluding hydrogens is 213 g/mol. The Morgan fingerprint density at radius 3 is 2.53 bits per heavy atom. The zero-order chi connectivity index (χ0) is 10.8. The molecule has 0 amide bonds. The highest BCUT2D eigenvalue weighted by molar-refractivity contribution is 7.99. The normalized spacial score (nSPS) is 10.5. The van der Waals surface area contributed by atoms with E-state index in [1.165, 1.54) is 23.9 Å². The molecule has 2 rings (SSSR count). The fraction of sp³-hybridized carbons (Fsp3) is 0.100. The second-order valence-corrected chi connectivity index (χ2v) is 4.18. The summed E-state index contributed by atoms with van der Waals surface area (Å²) in [5.41, 5.74) is 6.37. The van der Waals surface area contributed by atoms with Crippen LogP contribution in [-0.2, 0) is 7.05 Å². The Morgan fingerprint density at radius 2 is 2.00 bits per heavy atom. The number of halogens is 1. The molecule has 1 aromatic carbocycles. The first-order valence-electron chi connectivity index (χ1n) is 4.37. The van der Waals surface area contributed by atoms with Gasteiger partial charge in [0.15, 0.2) is 0 Å². The van der Waals surface area contributed by atoms with Gasteiger partial charge in [-0.2, -0.15) is 5.10 Å². The molecule has 0 saturated carbocycles. The van der Waals surface area contributed by atoms with Gasteiger partial charge in [0.1, 0.15) is 10.8 Å². The molecule has 1 aromatic heterocycles. The molecule has 3 nitrogen and oxygen atoms in total. The van der Waals surface area contributed by atoms with Gasteiger partial charge in [0.05, 0.1) is 5.69 Å². The van der Waals surface area contributed by atoms with Crippen molar-refractivity contribution in [3.8, 4) is 0 Å². The molecule has 78 valence electrons. The van der Waals surface area contributed by atoms with Crippen LogP contribution in [0.1, 0.15) is 0 Å². The lowest BCUT2D eigenvalue weighted by atomic mass is 10.4. The largest absolute Gasteiger partial charge is 0.395 e. The number of aromatic nitrogens is 2. The lowest BCUT2D eigenvalue weighted by molar-refractivity contribution is 0.626. The van der Waals surface area contributed by atoms with Gasteiger partial charge in [0.2, 0.25) is 0 Å². The Labute approximate surface area is 91.1 Å². The van der Waals surface area contributed by atoms with Crippen LogP contribution in [0, 0.1) is 5.82 Å². The monoisotopic (exact) mass is 223 g/mol. The third kappa shape index (κ3) is 2.30. The van der Waals surface area contributed by atoms with Crippen molar-refractivity contribution in [2.24, 2.45) is 7.05 Å². The molecule has 15 heavy (non-hydrogen) atoms. The molecule has 0 bridgehead atoms. The highest BCUT2D eigenvalue weighted by Gasteiger charge is 2.06. The van der Waals surface area contributed by atoms with Gasteiger partial charge in [-0.3, -0.25) is 4.68 Å². The van der Waals surface area contributed by atoms with Gasteiger partial charge in [0, 0.05) is 18.1 Å². The van der Waals surface area contributed by atoms with Gasteiger partial charge in [-0.15, -0.1) is 0 Å². The van der Waals surface area contributed by atoms with E-state index in [9.17, 15) is 4.39 Å². The maximum Gasteiger partial charge on any atom is 0.146 e. The van der Waals surface area contributed by atoms with Crippen molar-refractivity contribution in [1.29, 1.82) is 0 Å². The van der Waals surface area contributed by atoms with Gasteiger partial charge in [-0.05, 0) is 24.3 Å². The van der Waals surface area contributed by atoms with Crippen LogP contribution in [0.5, 0.6) is 0 Å². The van der Waals surface area contributed by atoms with Crippen LogP contribution in [0.3, 0.4) is 0 Å². The molecule has 0 saturated heterocycles. The van der Waals surface area contributed by atoms with Crippen LogP contribution < -0.4 is 5.73 Å². The standard InChI is InChI=1S/C10H10FN3S/c1-14-6-9(12)10(13-14)15-8-4-2-7(11)3-5-8/h2-6H,12H2,1H3. The van der Waals surface area contributed by atoms with E-state index in [1.54, 1.807) is 23.0 Å². The van der Waals surface area contributed by atoms with E-state index in [-0.39, 0.29) is 5.82 Å². The second-order valence-electron chi connectivity index (χ2n) is 3.12. The molecule has 0 aliphatic rings. The number of nitrogen functional groups attached to an aromatic ring is 1. The second kappa shape index (κ2) is 3.94. The average Bonchev–Trinajstić information content (AvgIpc) is 2.49. The first-order valence-corrected chi connectivity index (χ1v) is 5.19. The number of anilines is 1. The summed E-state index contributed by atoms with van der Waals surface area (Å²) in [7, 11) is 1.81. The number of hydrogen-bond acceptors (Lipinski definition) is 3.